The molecule has 0 N–H and O–H groups in total. The number of aromatic nitrogens is 4. The van der Waals surface area contributed by atoms with Crippen LogP contribution in [0.4, 0.5) is 11.8 Å². The Morgan fingerprint density at radius 2 is 1.71 bits per heavy atom. The van der Waals surface area contributed by atoms with Gasteiger partial charge >= 0.3 is 0 Å². The minimum Gasteiger partial charge on any atom is -0.378 e. The Morgan fingerprint density at radius 3 is 2.48 bits per heavy atom. The van der Waals surface area contributed by atoms with Crippen molar-refractivity contribution in [2.45, 2.75) is 13.8 Å². The van der Waals surface area contributed by atoms with Crippen molar-refractivity contribution in [3.63, 3.8) is 0 Å². The number of hydrogen-bond acceptors (Lipinski definition) is 7. The minimum absolute atomic E-state index is 0.0232. The Kier molecular flexibility index (Phi) is 5.19. The van der Waals surface area contributed by atoms with Gasteiger partial charge in [-0.25, -0.2) is 9.97 Å². The number of hydrogen-bond donors (Lipinski definition) is 0. The lowest BCUT2D eigenvalue weighted by Gasteiger charge is -2.35. The van der Waals surface area contributed by atoms with Crippen LogP contribution in [0.25, 0.3) is 5.65 Å². The van der Waals surface area contributed by atoms with Crippen LogP contribution in [0.2, 0.25) is 0 Å². The normalized spacial score (nSPS) is 17.4. The molecule has 9 heteroatoms. The van der Waals surface area contributed by atoms with Gasteiger partial charge in [-0.15, -0.1) is 0 Å². The number of aryl methyl sites for hydroxylation is 2. The molecule has 1 amide bonds. The van der Waals surface area contributed by atoms with Crippen LogP contribution in [0, 0.1) is 13.8 Å². The fourth-order valence-electron chi connectivity index (χ4n) is 4.26. The van der Waals surface area contributed by atoms with Crippen LogP contribution >= 0.6 is 0 Å². The summed E-state index contributed by atoms with van der Waals surface area (Å²) in [6.07, 6.45) is 1.90. The van der Waals surface area contributed by atoms with Crippen molar-refractivity contribution < 1.29 is 9.53 Å². The molecule has 5 heterocycles. The number of nitrogens with zero attached hydrogens (tertiary/aromatic N) is 7. The fourth-order valence-corrected chi connectivity index (χ4v) is 4.26. The summed E-state index contributed by atoms with van der Waals surface area (Å²) in [5, 5.41) is 0. The second-order valence-corrected chi connectivity index (χ2v) is 8.02. The zero-order chi connectivity index (χ0) is 21.4. The molecule has 2 fully saturated rings. The first-order valence-electron chi connectivity index (χ1n) is 10.8. The molecule has 2 aliphatic rings. The van der Waals surface area contributed by atoms with Crippen LogP contribution in [0.15, 0.2) is 30.5 Å². The summed E-state index contributed by atoms with van der Waals surface area (Å²) < 4.78 is 7.34. The van der Waals surface area contributed by atoms with Gasteiger partial charge < -0.3 is 19.4 Å². The highest BCUT2D eigenvalue weighted by atomic mass is 16.5. The Bertz CT molecular complexity index is 1100. The van der Waals surface area contributed by atoms with Gasteiger partial charge in [0.1, 0.15) is 17.2 Å². The van der Waals surface area contributed by atoms with Crippen molar-refractivity contribution in [1.29, 1.82) is 0 Å². The molecule has 0 unspecified atom stereocenters. The van der Waals surface area contributed by atoms with Crippen LogP contribution in [0.1, 0.15) is 21.9 Å². The summed E-state index contributed by atoms with van der Waals surface area (Å²) in [6.45, 7) is 9.69. The maximum atomic E-state index is 13.3. The molecule has 0 saturated carbocycles. The third kappa shape index (κ3) is 3.81. The number of imidazole rings is 1. The summed E-state index contributed by atoms with van der Waals surface area (Å²) >= 11 is 0. The van der Waals surface area contributed by atoms with Crippen LogP contribution in [-0.4, -0.2) is 82.6 Å². The van der Waals surface area contributed by atoms with Gasteiger partial charge in [0.05, 0.1) is 18.9 Å². The first kappa shape index (κ1) is 19.7. The summed E-state index contributed by atoms with van der Waals surface area (Å²) in [6, 6.07) is 7.80. The largest absolute Gasteiger partial charge is 0.378 e. The Labute approximate surface area is 181 Å². The molecule has 0 spiro atoms. The van der Waals surface area contributed by atoms with Crippen molar-refractivity contribution in [2.24, 2.45) is 0 Å². The van der Waals surface area contributed by atoms with Crippen molar-refractivity contribution in [3.05, 3.63) is 47.5 Å². The molecule has 3 aromatic rings. The standard InChI is InChI=1S/C22H27N7O2/c1-16-15-19(26-11-13-31-14-12-26)25-22(23-16)28-9-7-27(8-10-28)21(30)20-17(2)24-18-5-3-4-6-29(18)20/h3-6,15H,7-14H2,1-2H3. The van der Waals surface area contributed by atoms with Crippen LogP contribution in [0.3, 0.4) is 0 Å². The maximum absolute atomic E-state index is 13.3. The predicted molar refractivity (Wildman–Crippen MR) is 118 cm³/mol. The highest BCUT2D eigenvalue weighted by molar-refractivity contribution is 5.94. The molecule has 0 aliphatic carbocycles. The van der Waals surface area contributed by atoms with Gasteiger partial charge in [-0.1, -0.05) is 6.07 Å². The number of morpholine rings is 1. The lowest BCUT2D eigenvalue weighted by atomic mass is 10.2. The number of pyridine rings is 1. The van der Waals surface area contributed by atoms with Crippen LogP contribution < -0.4 is 9.80 Å². The molecule has 9 nitrogen and oxygen atoms in total. The quantitative estimate of drug-likeness (QED) is 0.635. The molecule has 2 saturated heterocycles. The molecule has 162 valence electrons. The number of piperazine rings is 1. The highest BCUT2D eigenvalue weighted by Crippen LogP contribution is 2.21. The molecular weight excluding hydrogens is 394 g/mol. The minimum atomic E-state index is 0.0232. The zero-order valence-electron chi connectivity index (χ0n) is 18.0. The number of ether oxygens (including phenoxy) is 1. The van der Waals surface area contributed by atoms with E-state index in [1.807, 2.05) is 53.6 Å². The number of anilines is 2. The van der Waals surface area contributed by atoms with E-state index >= 15 is 0 Å². The molecular formula is C22H27N7O2. The summed E-state index contributed by atoms with van der Waals surface area (Å²) in [5.41, 5.74) is 3.15. The Morgan fingerprint density at radius 1 is 0.935 bits per heavy atom. The van der Waals surface area contributed by atoms with Crippen molar-refractivity contribution >= 4 is 23.3 Å². The third-order valence-electron chi connectivity index (χ3n) is 5.92. The average molecular weight is 422 g/mol. The van der Waals surface area contributed by atoms with Crippen LogP contribution in [-0.2, 0) is 4.74 Å². The number of amides is 1. The van der Waals surface area contributed by atoms with E-state index in [-0.39, 0.29) is 5.91 Å². The Hall–Kier alpha value is -3.20. The smallest absolute Gasteiger partial charge is 0.272 e. The van der Waals surface area contributed by atoms with Gasteiger partial charge in [0.15, 0.2) is 0 Å². The molecule has 5 rings (SSSR count). The second kappa shape index (κ2) is 8.14. The van der Waals surface area contributed by atoms with Gasteiger partial charge in [-0.05, 0) is 26.0 Å². The fraction of sp³-hybridized carbons (Fsp3) is 0.455. The van der Waals surface area contributed by atoms with Gasteiger partial charge in [-0.2, -0.15) is 4.98 Å². The topological polar surface area (TPSA) is 79.1 Å². The third-order valence-corrected chi connectivity index (χ3v) is 5.92. The van der Waals surface area contributed by atoms with Crippen molar-refractivity contribution in [3.8, 4) is 0 Å². The lowest BCUT2D eigenvalue weighted by molar-refractivity contribution is 0.0738. The van der Waals surface area contributed by atoms with E-state index in [0.29, 0.717) is 31.9 Å². The van der Waals surface area contributed by atoms with Gasteiger partial charge in [0, 0.05) is 57.2 Å². The number of carbonyl (C=O) groups excluding carboxylic acids is 1. The molecule has 0 aromatic carbocycles. The predicted octanol–water partition coefficient (Wildman–Crippen LogP) is 1.54. The lowest BCUT2D eigenvalue weighted by Crippen LogP contribution is -2.49. The van der Waals surface area contributed by atoms with Gasteiger partial charge in [0.2, 0.25) is 5.95 Å². The van der Waals surface area contributed by atoms with E-state index in [1.165, 1.54) is 0 Å². The maximum Gasteiger partial charge on any atom is 0.272 e. The SMILES string of the molecule is Cc1cc(N2CCOCC2)nc(N2CCN(C(=O)c3c(C)nc4ccccn34)CC2)n1. The van der Waals surface area contributed by atoms with E-state index in [9.17, 15) is 4.79 Å². The molecule has 2 aliphatic heterocycles. The van der Waals surface area contributed by atoms with E-state index in [4.69, 9.17) is 9.72 Å². The monoisotopic (exact) mass is 421 g/mol. The molecule has 0 bridgehead atoms. The summed E-state index contributed by atoms with van der Waals surface area (Å²) in [4.78, 5) is 33.6. The molecule has 31 heavy (non-hydrogen) atoms. The van der Waals surface area contributed by atoms with Crippen LogP contribution in [0.5, 0.6) is 0 Å². The van der Waals surface area contributed by atoms with Gasteiger partial charge in [-0.3, -0.25) is 9.20 Å². The molecule has 3 aromatic heterocycles. The van der Waals surface area contributed by atoms with E-state index in [1.54, 1.807) is 0 Å². The molecule has 0 atom stereocenters. The van der Waals surface area contributed by atoms with E-state index in [0.717, 1.165) is 55.1 Å². The van der Waals surface area contributed by atoms with Crippen molar-refractivity contribution in [2.75, 3.05) is 62.3 Å². The number of rotatable bonds is 3. The first-order valence-corrected chi connectivity index (χ1v) is 10.8. The number of fused-ring (bicyclic) bond motifs is 1. The van der Waals surface area contributed by atoms with Crippen molar-refractivity contribution in [1.82, 2.24) is 24.3 Å². The van der Waals surface area contributed by atoms with Gasteiger partial charge in [0.25, 0.3) is 5.91 Å². The number of carbonyl (C=O) groups is 1. The average Bonchev–Trinajstić information content (AvgIpc) is 3.14. The van der Waals surface area contributed by atoms with E-state index in [2.05, 4.69) is 19.8 Å². The first-order chi connectivity index (χ1) is 15.1. The second-order valence-electron chi connectivity index (χ2n) is 8.02. The summed E-state index contributed by atoms with van der Waals surface area (Å²) in [5.74, 6) is 1.71. The molecule has 0 radical (unpaired) electrons. The summed E-state index contributed by atoms with van der Waals surface area (Å²) in [7, 11) is 0. The Balaban J connectivity index is 1.31. The zero-order valence-corrected chi connectivity index (χ0v) is 18.0. The van der Waals surface area contributed by atoms with E-state index < -0.39 is 0 Å². The highest BCUT2D eigenvalue weighted by Gasteiger charge is 2.27.